The maximum absolute atomic E-state index is 12.4. The Labute approximate surface area is 207 Å². The molecule has 0 radical (unpaired) electrons. The van der Waals surface area contributed by atoms with Crippen LogP contribution in [0, 0.1) is 5.92 Å². The highest BCUT2D eigenvalue weighted by molar-refractivity contribution is 6.04. The Morgan fingerprint density at radius 2 is 1.97 bits per heavy atom. The number of carbonyl (C=O) groups is 2. The number of aromatic amines is 1. The second-order valence-electron chi connectivity index (χ2n) is 11.4. The van der Waals surface area contributed by atoms with E-state index in [0.717, 1.165) is 56.9 Å². The summed E-state index contributed by atoms with van der Waals surface area (Å²) in [6.45, 7) is 11.8. The predicted molar refractivity (Wildman–Crippen MR) is 134 cm³/mol. The normalized spacial score (nSPS) is 25.8. The van der Waals surface area contributed by atoms with E-state index in [1.165, 1.54) is 12.8 Å². The van der Waals surface area contributed by atoms with Gasteiger partial charge in [-0.1, -0.05) is 12.5 Å². The molecule has 190 valence electrons. The summed E-state index contributed by atoms with van der Waals surface area (Å²) in [5, 5.41) is 0. The lowest BCUT2D eigenvalue weighted by Gasteiger charge is -2.40. The number of carbonyl (C=O) groups excluding carboxylic acids is 2. The molecule has 3 aliphatic rings. The van der Waals surface area contributed by atoms with Gasteiger partial charge in [-0.25, -0.2) is 9.78 Å². The summed E-state index contributed by atoms with van der Waals surface area (Å²) in [5.74, 6) is 1.20. The predicted octanol–water partition coefficient (Wildman–Crippen LogP) is 2.92. The van der Waals surface area contributed by atoms with Gasteiger partial charge >= 0.3 is 6.09 Å². The fraction of sp³-hybridized carbons (Fsp3) is 0.654. The largest absolute Gasteiger partial charge is 0.444 e. The van der Waals surface area contributed by atoms with Gasteiger partial charge in [-0.3, -0.25) is 14.6 Å². The maximum Gasteiger partial charge on any atom is 0.410 e. The lowest BCUT2D eigenvalue weighted by Crippen LogP contribution is -2.52. The fourth-order valence-electron chi connectivity index (χ4n) is 6.16. The third kappa shape index (κ3) is 4.76. The van der Waals surface area contributed by atoms with Gasteiger partial charge < -0.3 is 20.4 Å². The lowest BCUT2D eigenvalue weighted by molar-refractivity contribution is 0.0126. The van der Waals surface area contributed by atoms with Gasteiger partial charge in [0.2, 0.25) is 0 Å². The molecule has 3 heterocycles. The number of benzene rings is 1. The highest BCUT2D eigenvalue weighted by Gasteiger charge is 2.50. The third-order valence-corrected chi connectivity index (χ3v) is 7.84. The number of nitrogens with zero attached hydrogens (tertiary/aromatic N) is 4. The van der Waals surface area contributed by atoms with Crippen LogP contribution < -0.4 is 5.73 Å². The van der Waals surface area contributed by atoms with Crippen LogP contribution in [-0.4, -0.2) is 88.1 Å². The number of imidazole rings is 1. The highest BCUT2D eigenvalue weighted by atomic mass is 16.6. The SMILES string of the molecule is CC(C)(C)OC(=O)N1CCN(CCN2CC3CCCC2(c2nc4c(C(N)=O)cccc4[nH]2)C3)CC1. The Hall–Kier alpha value is -2.65. The second-order valence-corrected chi connectivity index (χ2v) is 11.4. The van der Waals surface area contributed by atoms with E-state index < -0.39 is 11.5 Å². The van der Waals surface area contributed by atoms with E-state index in [9.17, 15) is 9.59 Å². The molecule has 2 amide bonds. The number of nitrogens with one attached hydrogen (secondary N) is 1. The summed E-state index contributed by atoms with van der Waals surface area (Å²) in [5.41, 5.74) is 7.06. The monoisotopic (exact) mass is 482 g/mol. The molecule has 2 unspecified atom stereocenters. The molecule has 1 saturated carbocycles. The summed E-state index contributed by atoms with van der Waals surface area (Å²) < 4.78 is 5.53. The first kappa shape index (κ1) is 24.1. The number of rotatable bonds is 5. The zero-order chi connectivity index (χ0) is 24.8. The Morgan fingerprint density at radius 3 is 2.69 bits per heavy atom. The Balaban J connectivity index is 1.27. The molecule has 2 bridgehead atoms. The van der Waals surface area contributed by atoms with Crippen molar-refractivity contribution in [2.24, 2.45) is 11.7 Å². The van der Waals surface area contributed by atoms with Gasteiger partial charge in [0.25, 0.3) is 5.91 Å². The van der Waals surface area contributed by atoms with Gasteiger partial charge in [-0.2, -0.15) is 0 Å². The van der Waals surface area contributed by atoms with Crippen LogP contribution in [0.3, 0.4) is 0 Å². The van der Waals surface area contributed by atoms with E-state index in [1.807, 2.05) is 37.8 Å². The number of fused-ring (bicyclic) bond motifs is 3. The van der Waals surface area contributed by atoms with Crippen molar-refractivity contribution in [2.45, 2.75) is 57.6 Å². The minimum Gasteiger partial charge on any atom is -0.444 e. The van der Waals surface area contributed by atoms with Gasteiger partial charge in [-0.05, 0) is 58.1 Å². The van der Waals surface area contributed by atoms with E-state index in [1.54, 1.807) is 6.07 Å². The minimum atomic E-state index is -0.467. The van der Waals surface area contributed by atoms with Crippen molar-refractivity contribution < 1.29 is 14.3 Å². The van der Waals surface area contributed by atoms with E-state index in [4.69, 9.17) is 15.5 Å². The maximum atomic E-state index is 12.4. The Kier molecular flexibility index (Phi) is 6.25. The van der Waals surface area contributed by atoms with E-state index in [2.05, 4.69) is 14.8 Å². The van der Waals surface area contributed by atoms with Crippen LogP contribution in [0.5, 0.6) is 0 Å². The smallest absolute Gasteiger partial charge is 0.410 e. The molecular weight excluding hydrogens is 444 g/mol. The molecule has 1 aliphatic carbocycles. The van der Waals surface area contributed by atoms with Gasteiger partial charge in [0.15, 0.2) is 0 Å². The Morgan fingerprint density at radius 1 is 1.20 bits per heavy atom. The molecule has 3 fully saturated rings. The molecule has 2 aliphatic heterocycles. The summed E-state index contributed by atoms with van der Waals surface area (Å²) >= 11 is 0. The molecule has 9 heteroatoms. The van der Waals surface area contributed by atoms with Crippen LogP contribution in [0.2, 0.25) is 0 Å². The molecule has 35 heavy (non-hydrogen) atoms. The van der Waals surface area contributed by atoms with Crippen molar-refractivity contribution in [2.75, 3.05) is 45.8 Å². The number of hydrogen-bond acceptors (Lipinski definition) is 6. The van der Waals surface area contributed by atoms with Gasteiger partial charge in [-0.15, -0.1) is 0 Å². The van der Waals surface area contributed by atoms with Crippen LogP contribution in [-0.2, 0) is 10.3 Å². The van der Waals surface area contributed by atoms with Crippen LogP contribution in [0.1, 0.15) is 62.6 Å². The van der Waals surface area contributed by atoms with Crippen molar-refractivity contribution >= 4 is 23.0 Å². The number of likely N-dealkylation sites (tertiary alicyclic amines) is 1. The Bertz CT molecular complexity index is 1100. The standard InChI is InChI=1S/C26H38N6O3/c1-25(2,3)35-24(34)31-13-10-30(11-14-31)12-15-32-17-18-6-5-9-26(32,16-18)23-28-20-8-4-7-19(22(27)33)21(20)29-23/h4,7-8,18H,5-6,9-17H2,1-3H3,(H2,27,33)(H,28,29). The summed E-state index contributed by atoms with van der Waals surface area (Å²) in [6, 6.07) is 5.58. The highest BCUT2D eigenvalue weighted by Crippen LogP contribution is 2.49. The number of hydrogen-bond donors (Lipinski definition) is 2. The number of H-pyrrole nitrogens is 1. The first-order chi connectivity index (χ1) is 16.6. The molecule has 2 aromatic rings. The molecule has 0 spiro atoms. The summed E-state index contributed by atoms with van der Waals surface area (Å²) in [7, 11) is 0. The lowest BCUT2D eigenvalue weighted by atomic mass is 9.79. The van der Waals surface area contributed by atoms with Crippen LogP contribution in [0.4, 0.5) is 4.79 Å². The number of piperazine rings is 1. The number of nitrogens with two attached hydrogens (primary N) is 1. The zero-order valence-electron chi connectivity index (χ0n) is 21.2. The van der Waals surface area contributed by atoms with Gasteiger partial charge in [0.05, 0.1) is 16.6 Å². The molecular formula is C26H38N6O3. The van der Waals surface area contributed by atoms with Crippen LogP contribution in [0.25, 0.3) is 11.0 Å². The van der Waals surface area contributed by atoms with Crippen molar-refractivity contribution in [3.05, 3.63) is 29.6 Å². The minimum absolute atomic E-state index is 0.116. The van der Waals surface area contributed by atoms with E-state index in [-0.39, 0.29) is 11.6 Å². The first-order valence-electron chi connectivity index (χ1n) is 12.9. The molecule has 3 N–H and O–H groups in total. The average Bonchev–Trinajstić information content (AvgIpc) is 3.35. The van der Waals surface area contributed by atoms with E-state index in [0.29, 0.717) is 30.1 Å². The molecule has 1 aromatic heterocycles. The van der Waals surface area contributed by atoms with Crippen LogP contribution in [0.15, 0.2) is 18.2 Å². The summed E-state index contributed by atoms with van der Waals surface area (Å²) in [4.78, 5) is 39.7. The first-order valence-corrected chi connectivity index (χ1v) is 12.9. The number of ether oxygens (including phenoxy) is 1. The quantitative estimate of drug-likeness (QED) is 0.679. The number of amides is 2. The molecule has 5 rings (SSSR count). The van der Waals surface area contributed by atoms with Crippen molar-refractivity contribution in [1.82, 2.24) is 24.7 Å². The topological polar surface area (TPSA) is 108 Å². The van der Waals surface area contributed by atoms with Crippen LogP contribution >= 0.6 is 0 Å². The fourth-order valence-corrected chi connectivity index (χ4v) is 6.16. The van der Waals surface area contributed by atoms with Crippen molar-refractivity contribution in [3.63, 3.8) is 0 Å². The molecule has 2 atom stereocenters. The third-order valence-electron chi connectivity index (χ3n) is 7.84. The number of primary amides is 1. The van der Waals surface area contributed by atoms with Crippen molar-refractivity contribution in [1.29, 1.82) is 0 Å². The zero-order valence-corrected chi connectivity index (χ0v) is 21.2. The van der Waals surface area contributed by atoms with Gasteiger partial charge in [0.1, 0.15) is 16.9 Å². The summed E-state index contributed by atoms with van der Waals surface area (Å²) in [6.07, 6.45) is 4.41. The van der Waals surface area contributed by atoms with Gasteiger partial charge in [0, 0.05) is 45.8 Å². The van der Waals surface area contributed by atoms with E-state index >= 15 is 0 Å². The molecule has 9 nitrogen and oxygen atoms in total. The number of para-hydroxylation sites is 1. The molecule has 2 saturated heterocycles. The number of aromatic nitrogens is 2. The average molecular weight is 483 g/mol. The van der Waals surface area contributed by atoms with Crippen molar-refractivity contribution in [3.8, 4) is 0 Å². The second kappa shape index (κ2) is 9.09. The molecule has 1 aromatic carbocycles.